The van der Waals surface area contributed by atoms with Crippen LogP contribution in [0.5, 0.6) is 0 Å². The minimum Gasteiger partial charge on any atom is -0.768 e. The second-order valence-corrected chi connectivity index (χ2v) is 2.36. The monoisotopic (exact) mass is 165 g/mol. The van der Waals surface area contributed by atoms with Crippen molar-refractivity contribution in [1.82, 2.24) is 4.98 Å². The first-order valence-electron chi connectivity index (χ1n) is 2.30. The Morgan fingerprint density at radius 2 is 1.90 bits per heavy atom. The smallest absolute Gasteiger partial charge is 0.768 e. The number of rotatable bonds is 1. The molecular weight excluding hydrogens is 161 g/mol. The molecule has 0 aromatic carbocycles. The van der Waals surface area contributed by atoms with Gasteiger partial charge >= 0.3 is 29.6 Å². The molecule has 10 heavy (non-hydrogen) atoms. The Morgan fingerprint density at radius 3 is 2.20 bits per heavy atom. The van der Waals surface area contributed by atoms with Gasteiger partial charge in [0, 0.05) is 17.3 Å². The summed E-state index contributed by atoms with van der Waals surface area (Å²) in [7, 11) is 0. The summed E-state index contributed by atoms with van der Waals surface area (Å²) in [6.07, 6.45) is 2.87. The standard InChI is InChI=1S/C5H5NO2S.Na/c7-9(8)5-1-3-6-4-2-5;/h1-4H,(H,7,8);/q;+1/p-1. The molecule has 0 amide bonds. The molecule has 1 aromatic heterocycles. The van der Waals surface area contributed by atoms with Gasteiger partial charge in [-0.05, 0) is 23.2 Å². The van der Waals surface area contributed by atoms with E-state index in [0.717, 1.165) is 0 Å². The van der Waals surface area contributed by atoms with Crippen molar-refractivity contribution in [3.8, 4) is 0 Å². The van der Waals surface area contributed by atoms with Gasteiger partial charge in [-0.25, -0.2) is 0 Å². The van der Waals surface area contributed by atoms with Crippen LogP contribution >= 0.6 is 0 Å². The number of hydrogen-bond donors (Lipinski definition) is 0. The molecule has 0 N–H and O–H groups in total. The predicted octanol–water partition coefficient (Wildman–Crippen LogP) is -2.68. The van der Waals surface area contributed by atoms with Crippen molar-refractivity contribution in [2.24, 2.45) is 0 Å². The molecule has 1 rings (SSSR count). The maximum atomic E-state index is 10.2. The second-order valence-electron chi connectivity index (χ2n) is 1.42. The SMILES string of the molecule is O=S([O-])c1ccncc1.[Na+]. The van der Waals surface area contributed by atoms with Crippen molar-refractivity contribution in [1.29, 1.82) is 0 Å². The van der Waals surface area contributed by atoms with Crippen LogP contribution in [0.3, 0.4) is 0 Å². The minimum atomic E-state index is -2.12. The predicted molar refractivity (Wildman–Crippen MR) is 31.4 cm³/mol. The van der Waals surface area contributed by atoms with Crippen LogP contribution in [0, 0.1) is 0 Å². The molecule has 48 valence electrons. The average Bonchev–Trinajstić information content (AvgIpc) is 1.90. The van der Waals surface area contributed by atoms with E-state index in [-0.39, 0.29) is 34.5 Å². The number of hydrogen-bond acceptors (Lipinski definition) is 3. The van der Waals surface area contributed by atoms with E-state index in [2.05, 4.69) is 4.98 Å². The zero-order valence-electron chi connectivity index (χ0n) is 5.48. The molecule has 0 bridgehead atoms. The Bertz CT molecular complexity index is 216. The fraction of sp³-hybridized carbons (Fsp3) is 0. The first kappa shape index (κ1) is 10.3. The summed E-state index contributed by atoms with van der Waals surface area (Å²) < 4.78 is 20.3. The third kappa shape index (κ3) is 2.90. The van der Waals surface area contributed by atoms with Gasteiger partial charge in [0.2, 0.25) is 0 Å². The van der Waals surface area contributed by atoms with Gasteiger partial charge in [0.25, 0.3) is 0 Å². The molecule has 0 aliphatic rings. The molecule has 1 atom stereocenters. The largest absolute Gasteiger partial charge is 1.00 e. The fourth-order valence-electron chi connectivity index (χ4n) is 0.449. The maximum Gasteiger partial charge on any atom is 1.00 e. The van der Waals surface area contributed by atoms with Crippen molar-refractivity contribution >= 4 is 11.1 Å². The normalized spacial score (nSPS) is 11.7. The van der Waals surface area contributed by atoms with E-state index in [1.165, 1.54) is 24.5 Å². The van der Waals surface area contributed by atoms with Gasteiger partial charge in [0.05, 0.1) is 0 Å². The fourth-order valence-corrected chi connectivity index (χ4v) is 0.793. The summed E-state index contributed by atoms with van der Waals surface area (Å²) in [6, 6.07) is 2.87. The van der Waals surface area contributed by atoms with Crippen molar-refractivity contribution in [2.45, 2.75) is 4.90 Å². The summed E-state index contributed by atoms with van der Waals surface area (Å²) in [5.41, 5.74) is 0. The maximum absolute atomic E-state index is 10.2. The van der Waals surface area contributed by atoms with Gasteiger partial charge in [-0.15, -0.1) is 0 Å². The molecule has 0 fully saturated rings. The van der Waals surface area contributed by atoms with E-state index >= 15 is 0 Å². The van der Waals surface area contributed by atoms with Crippen LogP contribution in [0.15, 0.2) is 29.4 Å². The van der Waals surface area contributed by atoms with Crippen LogP contribution in [0.4, 0.5) is 0 Å². The first-order valence-corrected chi connectivity index (χ1v) is 3.37. The van der Waals surface area contributed by atoms with Crippen LogP contribution in [-0.4, -0.2) is 13.7 Å². The zero-order valence-corrected chi connectivity index (χ0v) is 8.30. The number of nitrogens with zero attached hydrogens (tertiary/aromatic N) is 1. The Balaban J connectivity index is 0.000000810. The Labute approximate surface area is 83.4 Å². The van der Waals surface area contributed by atoms with Gasteiger partial charge in [0.1, 0.15) is 0 Å². The molecular formula is C5H4NNaO2S. The molecule has 1 aromatic rings. The van der Waals surface area contributed by atoms with Crippen LogP contribution in [-0.2, 0) is 11.1 Å². The topological polar surface area (TPSA) is 53.0 Å². The summed E-state index contributed by atoms with van der Waals surface area (Å²) in [6.45, 7) is 0. The Morgan fingerprint density at radius 1 is 1.40 bits per heavy atom. The summed E-state index contributed by atoms with van der Waals surface area (Å²) >= 11 is -2.12. The molecule has 3 nitrogen and oxygen atoms in total. The Kier molecular flexibility index (Phi) is 5.11. The molecule has 0 saturated heterocycles. The van der Waals surface area contributed by atoms with Crippen molar-refractivity contribution in [3.05, 3.63) is 24.5 Å². The van der Waals surface area contributed by atoms with Crippen LogP contribution in [0.25, 0.3) is 0 Å². The van der Waals surface area contributed by atoms with E-state index in [4.69, 9.17) is 0 Å². The molecule has 1 unspecified atom stereocenters. The van der Waals surface area contributed by atoms with Gasteiger partial charge < -0.3 is 4.55 Å². The summed E-state index contributed by atoms with van der Waals surface area (Å²) in [5.74, 6) is 0. The summed E-state index contributed by atoms with van der Waals surface area (Å²) in [4.78, 5) is 3.92. The van der Waals surface area contributed by atoms with E-state index in [0.29, 0.717) is 0 Å². The first-order chi connectivity index (χ1) is 4.30. The minimum absolute atomic E-state index is 0. The van der Waals surface area contributed by atoms with E-state index in [9.17, 15) is 8.76 Å². The summed E-state index contributed by atoms with van der Waals surface area (Å²) in [5, 5.41) is 0. The van der Waals surface area contributed by atoms with Gasteiger partial charge in [0.15, 0.2) is 0 Å². The van der Waals surface area contributed by atoms with E-state index in [1.54, 1.807) is 0 Å². The molecule has 5 heteroatoms. The van der Waals surface area contributed by atoms with Crippen LogP contribution in [0.1, 0.15) is 0 Å². The van der Waals surface area contributed by atoms with E-state index in [1.807, 2.05) is 0 Å². The number of pyridine rings is 1. The zero-order chi connectivity index (χ0) is 6.69. The van der Waals surface area contributed by atoms with Gasteiger partial charge in [-0.3, -0.25) is 9.19 Å². The molecule has 0 aliphatic carbocycles. The van der Waals surface area contributed by atoms with Gasteiger partial charge in [-0.1, -0.05) is 0 Å². The third-order valence-electron chi connectivity index (χ3n) is 0.842. The second kappa shape index (κ2) is 4.98. The van der Waals surface area contributed by atoms with Crippen LogP contribution < -0.4 is 29.6 Å². The molecule has 0 aliphatic heterocycles. The quantitative estimate of drug-likeness (QED) is 0.337. The van der Waals surface area contributed by atoms with Crippen molar-refractivity contribution in [2.75, 3.05) is 0 Å². The Hall–Kier alpha value is 0.260. The van der Waals surface area contributed by atoms with Crippen LogP contribution in [0.2, 0.25) is 0 Å². The van der Waals surface area contributed by atoms with Crippen molar-refractivity contribution in [3.63, 3.8) is 0 Å². The van der Waals surface area contributed by atoms with Crippen molar-refractivity contribution < 1.29 is 38.3 Å². The molecule has 0 spiro atoms. The average molecular weight is 165 g/mol. The van der Waals surface area contributed by atoms with E-state index < -0.39 is 11.1 Å². The third-order valence-corrected chi connectivity index (χ3v) is 1.50. The molecule has 0 saturated carbocycles. The number of aromatic nitrogens is 1. The van der Waals surface area contributed by atoms with Gasteiger partial charge in [-0.2, -0.15) is 0 Å². The molecule has 0 radical (unpaired) electrons. The molecule has 1 heterocycles.